The van der Waals surface area contributed by atoms with Gasteiger partial charge in [-0.05, 0) is 35.1 Å². The van der Waals surface area contributed by atoms with E-state index in [1.807, 2.05) is 24.3 Å². The zero-order chi connectivity index (χ0) is 35.2. The molecule has 0 amide bonds. The number of nitrogens with zero attached hydrogens (tertiary/aromatic N) is 10. The van der Waals surface area contributed by atoms with Crippen molar-refractivity contribution in [3.63, 3.8) is 0 Å². The van der Waals surface area contributed by atoms with E-state index < -0.39 is 0 Å². The smallest absolute Gasteiger partial charge is 0.872 e. The Kier molecular flexibility index (Phi) is 33.0. The summed E-state index contributed by atoms with van der Waals surface area (Å²) in [5.41, 5.74) is 29.4. The van der Waals surface area contributed by atoms with Crippen LogP contribution in [0.1, 0.15) is 35.1 Å². The maximum atomic E-state index is 11.4. The molecule has 0 aliphatic carbocycles. The van der Waals surface area contributed by atoms with Gasteiger partial charge in [-0.2, -0.15) is 0 Å². The quantitative estimate of drug-likeness (QED) is 0.0463. The molecule has 0 unspecified atom stereocenters. The minimum absolute atomic E-state index is 0. The van der Waals surface area contributed by atoms with Crippen LogP contribution in [0.5, 0.6) is 23.0 Å². The Hall–Kier alpha value is -5.06. The second-order valence-corrected chi connectivity index (χ2v) is 9.18. The maximum Gasteiger partial charge on any atom is 2.00 e. The molecule has 0 saturated carbocycles. The molecule has 51 heavy (non-hydrogen) atoms. The molecule has 0 fully saturated rings. The molecular formula is C34H32Cu2MnN10O4. The second kappa shape index (κ2) is 33.4. The molecule has 4 aromatic carbocycles. The van der Waals surface area contributed by atoms with Gasteiger partial charge in [0.25, 0.3) is 0 Å². The van der Waals surface area contributed by atoms with Gasteiger partial charge in [-0.15, -0.1) is 23.0 Å². The Bertz CT molecular complexity index is 1480. The van der Waals surface area contributed by atoms with E-state index in [-0.39, 0.29) is 74.2 Å². The van der Waals surface area contributed by atoms with Crippen molar-refractivity contribution in [3.8, 4) is 23.0 Å². The zero-order valence-corrected chi connectivity index (χ0v) is 29.9. The summed E-state index contributed by atoms with van der Waals surface area (Å²) in [6, 6.07) is 27.2. The molecule has 4 rings (SSSR count). The molecule has 3 radical (unpaired) electrons. The van der Waals surface area contributed by atoms with Crippen molar-refractivity contribution in [2.75, 3.05) is 26.2 Å². The van der Waals surface area contributed by atoms with Crippen LogP contribution in [0.3, 0.4) is 0 Å². The molecule has 4 aromatic rings. The molecule has 0 N–H and O–H groups in total. The van der Waals surface area contributed by atoms with Crippen molar-refractivity contribution in [2.45, 2.75) is 12.8 Å². The van der Waals surface area contributed by atoms with Crippen molar-refractivity contribution in [1.29, 1.82) is 0 Å². The van der Waals surface area contributed by atoms with Gasteiger partial charge in [0.15, 0.2) is 0 Å². The average molecular weight is 827 g/mol. The molecule has 0 aliphatic rings. The van der Waals surface area contributed by atoms with Crippen molar-refractivity contribution >= 4 is 24.9 Å². The van der Waals surface area contributed by atoms with E-state index >= 15 is 0 Å². The van der Waals surface area contributed by atoms with Gasteiger partial charge in [-0.3, -0.25) is 29.8 Å². The van der Waals surface area contributed by atoms with E-state index in [1.54, 1.807) is 73.4 Å². The first kappa shape index (κ1) is 50.3. The molecule has 0 heterocycles. The predicted octanol–water partition coefficient (Wildman–Crippen LogP) is 5.25. The summed E-state index contributed by atoms with van der Waals surface area (Å²) in [6.07, 6.45) is 7.93. The van der Waals surface area contributed by atoms with E-state index in [9.17, 15) is 20.4 Å². The summed E-state index contributed by atoms with van der Waals surface area (Å²) in [6.45, 7) is 2.41. The summed E-state index contributed by atoms with van der Waals surface area (Å²) in [5.74, 6) is -0.0877. The second-order valence-electron chi connectivity index (χ2n) is 9.18. The number of aliphatic imine (C=N–C) groups is 4. The van der Waals surface area contributed by atoms with Crippen LogP contribution >= 0.6 is 0 Å². The molecule has 0 saturated heterocycles. The number of hydrogen-bond acceptors (Lipinski definition) is 8. The standard InChI is InChI=1S/2C17H18N2O2.2Cu.Mn.2N3/c2*20-16-8-3-1-6-14(16)12-18-10-5-11-19-13-15-7-2-4-9-17(15)21;;;;2*1-3-2/h2*1-4,6-9,12-13,20-21H,5,10-11H2;;;;;/q;;3*+2;2*-1/p-4. The third-order valence-corrected chi connectivity index (χ3v) is 5.75. The molecule has 0 aromatic heterocycles. The van der Waals surface area contributed by atoms with Crippen molar-refractivity contribution in [2.24, 2.45) is 20.0 Å². The SMILES string of the molecule is [Cu+2].[Cu+2].[Mn+2].[N-]=[N+]=[N-].[N-]=[N+]=[N-].[O-]c1ccccc1C=NCCCN=Cc1ccccc1[O-].[O-]c1ccccc1C=NCCCN=Cc1ccccc1[O-]. The summed E-state index contributed by atoms with van der Waals surface area (Å²) in [7, 11) is 0. The van der Waals surface area contributed by atoms with Gasteiger partial charge in [-0.25, -0.2) is 0 Å². The van der Waals surface area contributed by atoms with Gasteiger partial charge in [0, 0.05) is 51.0 Å². The third-order valence-electron chi connectivity index (χ3n) is 5.75. The Morgan fingerprint density at radius 1 is 0.412 bits per heavy atom. The van der Waals surface area contributed by atoms with Crippen LogP contribution in [-0.2, 0) is 51.2 Å². The summed E-state index contributed by atoms with van der Waals surface area (Å²) >= 11 is 0. The maximum absolute atomic E-state index is 11.4. The van der Waals surface area contributed by atoms with E-state index in [0.29, 0.717) is 48.4 Å². The van der Waals surface area contributed by atoms with E-state index in [2.05, 4.69) is 20.0 Å². The van der Waals surface area contributed by atoms with Crippen LogP contribution in [0.15, 0.2) is 117 Å². The molecule has 0 spiro atoms. The fraction of sp³-hybridized carbons (Fsp3) is 0.176. The number of hydrogen-bond donors (Lipinski definition) is 0. The Balaban J connectivity index is -0.000000744. The van der Waals surface area contributed by atoms with Gasteiger partial charge >= 0.3 is 51.2 Å². The van der Waals surface area contributed by atoms with Gasteiger partial charge < -0.3 is 42.6 Å². The molecule has 0 aliphatic heterocycles. The van der Waals surface area contributed by atoms with Crippen LogP contribution in [0.2, 0.25) is 0 Å². The normalized spacial score (nSPS) is 9.73. The van der Waals surface area contributed by atoms with Crippen LogP contribution < -0.4 is 20.4 Å². The van der Waals surface area contributed by atoms with Crippen LogP contribution in [0.4, 0.5) is 0 Å². The zero-order valence-electron chi connectivity index (χ0n) is 26.9. The first-order chi connectivity index (χ1) is 23.4. The van der Waals surface area contributed by atoms with Crippen LogP contribution in [-0.4, -0.2) is 51.0 Å². The van der Waals surface area contributed by atoms with Gasteiger partial charge in [0.2, 0.25) is 0 Å². The number of rotatable bonds is 12. The first-order valence-electron chi connectivity index (χ1n) is 14.4. The van der Waals surface area contributed by atoms with Crippen molar-refractivity contribution in [3.05, 3.63) is 151 Å². The number of benzene rings is 4. The van der Waals surface area contributed by atoms with E-state index in [1.165, 1.54) is 34.1 Å². The largest absolute Gasteiger partial charge is 2.00 e. The third kappa shape index (κ3) is 23.9. The molecule has 0 bridgehead atoms. The molecule has 17 heteroatoms. The van der Waals surface area contributed by atoms with Crippen molar-refractivity contribution < 1.29 is 71.6 Å². The van der Waals surface area contributed by atoms with Crippen molar-refractivity contribution in [1.82, 2.24) is 0 Å². The number of para-hydroxylation sites is 4. The first-order valence-corrected chi connectivity index (χ1v) is 14.4. The summed E-state index contributed by atoms with van der Waals surface area (Å²) in [4.78, 5) is 19.8. The summed E-state index contributed by atoms with van der Waals surface area (Å²) in [5, 5.41) is 45.7. The molecule has 0 atom stereocenters. The molecular weight excluding hydrogens is 794 g/mol. The van der Waals surface area contributed by atoms with E-state index in [4.69, 9.17) is 22.1 Å². The fourth-order valence-corrected chi connectivity index (χ4v) is 3.51. The topological polar surface area (TPSA) is 259 Å². The minimum atomic E-state index is -0.0219. The van der Waals surface area contributed by atoms with Crippen LogP contribution in [0.25, 0.3) is 31.9 Å². The predicted molar refractivity (Wildman–Crippen MR) is 183 cm³/mol. The Labute approximate surface area is 328 Å². The Morgan fingerprint density at radius 2 is 0.588 bits per heavy atom. The molecule has 271 valence electrons. The fourth-order valence-electron chi connectivity index (χ4n) is 3.51. The van der Waals surface area contributed by atoms with Crippen LogP contribution in [0, 0.1) is 0 Å². The minimum Gasteiger partial charge on any atom is -0.872 e. The molecule has 14 nitrogen and oxygen atoms in total. The summed E-state index contributed by atoms with van der Waals surface area (Å²) < 4.78 is 0. The van der Waals surface area contributed by atoms with Gasteiger partial charge in [0.05, 0.1) is 0 Å². The average Bonchev–Trinajstić information content (AvgIpc) is 3.08. The van der Waals surface area contributed by atoms with E-state index in [0.717, 1.165) is 12.8 Å². The van der Waals surface area contributed by atoms with Gasteiger partial charge in [0.1, 0.15) is 0 Å². The monoisotopic (exact) mass is 825 g/mol. The Morgan fingerprint density at radius 3 is 0.765 bits per heavy atom. The van der Waals surface area contributed by atoms with Gasteiger partial charge in [-0.1, -0.05) is 97.1 Å².